The van der Waals surface area contributed by atoms with Gasteiger partial charge >= 0.3 is 0 Å². The summed E-state index contributed by atoms with van der Waals surface area (Å²) in [4.78, 5) is 7.99. The van der Waals surface area contributed by atoms with Crippen LogP contribution >= 0.6 is 0 Å². The van der Waals surface area contributed by atoms with E-state index in [0.29, 0.717) is 6.04 Å². The number of hydrogen-bond donors (Lipinski definition) is 1. The highest BCUT2D eigenvalue weighted by Crippen LogP contribution is 2.39. The smallest absolute Gasteiger partial charge is 0.0496 e. The van der Waals surface area contributed by atoms with E-state index in [1.807, 2.05) is 0 Å². The lowest BCUT2D eigenvalue weighted by atomic mass is 9.86. The highest BCUT2D eigenvalue weighted by Gasteiger charge is 2.51. The topological polar surface area (TPSA) is 35.7 Å². The lowest BCUT2D eigenvalue weighted by Crippen LogP contribution is -2.60. The summed E-state index contributed by atoms with van der Waals surface area (Å²) in [5.41, 5.74) is 6.53. The molecule has 2 N–H and O–H groups in total. The maximum Gasteiger partial charge on any atom is 0.0496 e. The normalized spacial score (nSPS) is 39.0. The molecule has 0 amide bonds. The Morgan fingerprint density at radius 2 is 2.00 bits per heavy atom. The third kappa shape index (κ3) is 2.31. The van der Waals surface area contributed by atoms with Gasteiger partial charge in [0.15, 0.2) is 0 Å². The van der Waals surface area contributed by atoms with Gasteiger partial charge in [0.05, 0.1) is 0 Å². The van der Waals surface area contributed by atoms with E-state index >= 15 is 0 Å². The Bertz CT molecular complexity index is 334. The predicted molar refractivity (Wildman–Crippen MR) is 83.9 cm³/mol. The van der Waals surface area contributed by atoms with Gasteiger partial charge in [0.1, 0.15) is 0 Å². The zero-order chi connectivity index (χ0) is 14.2. The van der Waals surface area contributed by atoms with E-state index in [1.165, 1.54) is 64.8 Å². The van der Waals surface area contributed by atoms with Gasteiger partial charge in [-0.15, -0.1) is 0 Å². The average molecular weight is 280 g/mol. The van der Waals surface area contributed by atoms with Crippen LogP contribution in [0, 0.1) is 0 Å². The van der Waals surface area contributed by atoms with Crippen molar-refractivity contribution in [1.29, 1.82) is 0 Å². The Morgan fingerprint density at radius 3 is 2.75 bits per heavy atom. The third-order valence-corrected chi connectivity index (χ3v) is 6.32. The van der Waals surface area contributed by atoms with Gasteiger partial charge in [-0.2, -0.15) is 0 Å². The molecule has 0 spiro atoms. The van der Waals surface area contributed by atoms with Crippen molar-refractivity contribution in [3.63, 3.8) is 0 Å². The van der Waals surface area contributed by atoms with Crippen LogP contribution in [0.3, 0.4) is 0 Å². The van der Waals surface area contributed by atoms with E-state index in [-0.39, 0.29) is 5.54 Å². The molecule has 0 saturated carbocycles. The predicted octanol–water partition coefficient (Wildman–Crippen LogP) is 0.968. The van der Waals surface area contributed by atoms with Gasteiger partial charge in [0.25, 0.3) is 0 Å². The highest BCUT2D eigenvalue weighted by atomic mass is 15.3. The summed E-state index contributed by atoms with van der Waals surface area (Å²) in [6.45, 7) is 9.37. The second kappa shape index (κ2) is 5.91. The number of hydrogen-bond acceptors (Lipinski definition) is 4. The molecule has 116 valence electrons. The van der Waals surface area contributed by atoms with Crippen molar-refractivity contribution in [2.24, 2.45) is 5.73 Å². The molecule has 4 heteroatoms. The van der Waals surface area contributed by atoms with E-state index in [4.69, 9.17) is 5.73 Å². The molecule has 0 aromatic rings. The fourth-order valence-electron chi connectivity index (χ4n) is 5.06. The van der Waals surface area contributed by atoms with Gasteiger partial charge in [0.2, 0.25) is 0 Å². The average Bonchev–Trinajstić information content (AvgIpc) is 3.14. The van der Waals surface area contributed by atoms with E-state index < -0.39 is 0 Å². The lowest BCUT2D eigenvalue weighted by molar-refractivity contribution is 0.0659. The number of nitrogens with two attached hydrogens (primary N) is 1. The number of likely N-dealkylation sites (N-methyl/N-ethyl adjacent to an activating group) is 2. The molecule has 3 saturated heterocycles. The second-order valence-corrected chi connectivity index (χ2v) is 7.06. The molecule has 4 nitrogen and oxygen atoms in total. The zero-order valence-electron chi connectivity index (χ0n) is 13.4. The van der Waals surface area contributed by atoms with Crippen molar-refractivity contribution in [1.82, 2.24) is 14.7 Å². The van der Waals surface area contributed by atoms with Crippen LogP contribution in [0.15, 0.2) is 0 Å². The molecule has 0 aliphatic carbocycles. The van der Waals surface area contributed by atoms with Gasteiger partial charge in [-0.3, -0.25) is 14.7 Å². The van der Waals surface area contributed by atoms with Gasteiger partial charge in [-0.1, -0.05) is 6.92 Å². The first-order valence-corrected chi connectivity index (χ1v) is 8.60. The van der Waals surface area contributed by atoms with Crippen LogP contribution in [-0.2, 0) is 0 Å². The Balaban J connectivity index is 1.69. The maximum absolute atomic E-state index is 6.29. The summed E-state index contributed by atoms with van der Waals surface area (Å²) in [5.74, 6) is 0. The molecule has 3 heterocycles. The van der Waals surface area contributed by atoms with Crippen molar-refractivity contribution in [3.8, 4) is 0 Å². The zero-order valence-corrected chi connectivity index (χ0v) is 13.4. The van der Waals surface area contributed by atoms with E-state index in [9.17, 15) is 0 Å². The Kier molecular flexibility index (Phi) is 4.37. The minimum Gasteiger partial charge on any atom is -0.329 e. The van der Waals surface area contributed by atoms with Crippen LogP contribution < -0.4 is 5.73 Å². The molecule has 0 aromatic carbocycles. The van der Waals surface area contributed by atoms with Crippen molar-refractivity contribution in [3.05, 3.63) is 0 Å². The van der Waals surface area contributed by atoms with E-state index in [0.717, 1.165) is 12.6 Å². The van der Waals surface area contributed by atoms with Crippen LogP contribution in [0.1, 0.15) is 39.0 Å². The fraction of sp³-hybridized carbons (Fsp3) is 1.00. The van der Waals surface area contributed by atoms with Crippen LogP contribution in [0.5, 0.6) is 0 Å². The molecule has 3 fully saturated rings. The number of rotatable bonds is 5. The number of likely N-dealkylation sites (tertiary alicyclic amines) is 1. The lowest BCUT2D eigenvalue weighted by Gasteiger charge is -2.44. The molecular formula is C16H32N4. The summed E-state index contributed by atoms with van der Waals surface area (Å²) in [5, 5.41) is 0. The van der Waals surface area contributed by atoms with Crippen LogP contribution in [0.25, 0.3) is 0 Å². The van der Waals surface area contributed by atoms with Gasteiger partial charge in [-0.25, -0.2) is 0 Å². The minimum atomic E-state index is 0.249. The third-order valence-electron chi connectivity index (χ3n) is 6.32. The number of nitrogens with zero attached hydrogens (tertiary/aromatic N) is 3. The summed E-state index contributed by atoms with van der Waals surface area (Å²) >= 11 is 0. The second-order valence-electron chi connectivity index (χ2n) is 7.06. The van der Waals surface area contributed by atoms with Crippen LogP contribution in [0.2, 0.25) is 0 Å². The summed E-state index contributed by atoms with van der Waals surface area (Å²) in [6.07, 6.45) is 6.72. The molecule has 3 aliphatic rings. The molecule has 3 unspecified atom stereocenters. The number of fused-ring (bicyclic) bond motifs is 1. The Morgan fingerprint density at radius 1 is 1.20 bits per heavy atom. The van der Waals surface area contributed by atoms with Gasteiger partial charge in [-0.05, 0) is 58.8 Å². The Hall–Kier alpha value is -0.160. The highest BCUT2D eigenvalue weighted by molar-refractivity contribution is 5.09. The molecule has 3 atom stereocenters. The van der Waals surface area contributed by atoms with E-state index in [2.05, 4.69) is 28.7 Å². The van der Waals surface area contributed by atoms with Crippen LogP contribution in [-0.4, -0.2) is 78.6 Å². The maximum atomic E-state index is 6.29. The van der Waals surface area contributed by atoms with Crippen LogP contribution in [0.4, 0.5) is 0 Å². The molecule has 3 aliphatic heterocycles. The molecule has 0 radical (unpaired) electrons. The van der Waals surface area contributed by atoms with Crippen molar-refractivity contribution in [2.75, 3.05) is 46.3 Å². The van der Waals surface area contributed by atoms with Gasteiger partial charge < -0.3 is 5.73 Å². The molecule has 20 heavy (non-hydrogen) atoms. The largest absolute Gasteiger partial charge is 0.329 e. The minimum absolute atomic E-state index is 0.249. The molecule has 3 rings (SSSR count). The molecular weight excluding hydrogens is 248 g/mol. The monoisotopic (exact) mass is 280 g/mol. The first kappa shape index (κ1) is 14.8. The molecule has 0 aromatic heterocycles. The fourth-order valence-corrected chi connectivity index (χ4v) is 5.06. The summed E-state index contributed by atoms with van der Waals surface area (Å²) in [7, 11) is 2.33. The van der Waals surface area contributed by atoms with Crippen molar-refractivity contribution < 1.29 is 0 Å². The van der Waals surface area contributed by atoms with Crippen molar-refractivity contribution >= 4 is 0 Å². The SMILES string of the molecule is CCN1CCCC1CN(C)C1(CN)CCN2CCCC21. The quantitative estimate of drug-likeness (QED) is 0.814. The first-order valence-electron chi connectivity index (χ1n) is 8.60. The standard InChI is InChI=1S/C16H32N4/c1-3-19-9-4-6-14(19)12-18(2)16(13-17)8-11-20-10-5-7-15(16)20/h14-15H,3-13,17H2,1-2H3. The molecule has 0 bridgehead atoms. The van der Waals surface area contributed by atoms with E-state index in [1.54, 1.807) is 0 Å². The summed E-state index contributed by atoms with van der Waals surface area (Å²) < 4.78 is 0. The first-order chi connectivity index (χ1) is 9.71. The van der Waals surface area contributed by atoms with Gasteiger partial charge in [0, 0.05) is 37.3 Å². The van der Waals surface area contributed by atoms with Crippen molar-refractivity contribution in [2.45, 2.75) is 56.7 Å². The Labute approximate surface area is 124 Å². The summed E-state index contributed by atoms with van der Waals surface area (Å²) in [6, 6.07) is 1.47.